The zero-order chi connectivity index (χ0) is 18.9. The molecule has 3 N–H and O–H groups in total. The van der Waals surface area contributed by atoms with E-state index in [1.165, 1.54) is 6.42 Å². The van der Waals surface area contributed by atoms with E-state index in [1.807, 2.05) is 20.8 Å². The number of amides is 2. The van der Waals surface area contributed by atoms with Gasteiger partial charge in [-0.1, -0.05) is 24.5 Å². The molecule has 144 valence electrons. The van der Waals surface area contributed by atoms with E-state index in [-0.39, 0.29) is 17.9 Å². The Morgan fingerprint density at radius 2 is 1.96 bits per heavy atom. The number of carbonyl (C=O) groups is 2. The highest BCUT2D eigenvalue weighted by Gasteiger charge is 2.52. The molecule has 0 saturated heterocycles. The highest BCUT2D eigenvalue weighted by molar-refractivity contribution is 5.85. The minimum atomic E-state index is -0.742. The average Bonchev–Trinajstić information content (AvgIpc) is 3.24. The van der Waals surface area contributed by atoms with Crippen LogP contribution in [0.3, 0.4) is 0 Å². The average molecular weight is 363 g/mol. The molecule has 8 heteroatoms. The first-order valence-electron chi connectivity index (χ1n) is 9.43. The predicted octanol–water partition coefficient (Wildman–Crippen LogP) is 2.40. The lowest BCUT2D eigenvalue weighted by Gasteiger charge is -2.30. The highest BCUT2D eigenvalue weighted by Crippen LogP contribution is 2.43. The van der Waals surface area contributed by atoms with Crippen molar-refractivity contribution in [1.29, 1.82) is 0 Å². The Morgan fingerprint density at radius 3 is 2.50 bits per heavy atom. The predicted molar refractivity (Wildman–Crippen MR) is 95.1 cm³/mol. The molecule has 1 unspecified atom stereocenters. The molecular weight excluding hydrogens is 334 g/mol. The Hall–Kier alpha value is -2.12. The van der Waals surface area contributed by atoms with Gasteiger partial charge in [-0.05, 0) is 52.4 Å². The van der Waals surface area contributed by atoms with Crippen molar-refractivity contribution in [2.45, 2.75) is 82.9 Å². The summed E-state index contributed by atoms with van der Waals surface area (Å²) in [6, 6.07) is -0.275. The minimum absolute atomic E-state index is 0.275. The second kappa shape index (κ2) is 6.89. The number of primary amides is 1. The fourth-order valence-electron chi connectivity index (χ4n) is 3.67. The molecule has 2 saturated carbocycles. The van der Waals surface area contributed by atoms with E-state index >= 15 is 0 Å². The fraction of sp³-hybridized carbons (Fsp3) is 0.778. The lowest BCUT2D eigenvalue weighted by atomic mass is 9.83. The number of nitrogens with two attached hydrogens (primary N) is 1. The van der Waals surface area contributed by atoms with E-state index in [1.54, 1.807) is 10.9 Å². The van der Waals surface area contributed by atoms with Gasteiger partial charge in [-0.15, -0.1) is 5.10 Å². The lowest BCUT2D eigenvalue weighted by Crippen LogP contribution is -2.38. The normalized spacial score (nSPS) is 21.0. The molecule has 0 bridgehead atoms. The second-order valence-electron chi connectivity index (χ2n) is 8.51. The zero-order valence-electron chi connectivity index (χ0n) is 15.8. The molecular formula is C18H29N5O3. The van der Waals surface area contributed by atoms with E-state index in [0.29, 0.717) is 18.5 Å². The largest absolute Gasteiger partial charge is 0.444 e. The second-order valence-corrected chi connectivity index (χ2v) is 8.51. The van der Waals surface area contributed by atoms with Gasteiger partial charge in [0.2, 0.25) is 5.91 Å². The van der Waals surface area contributed by atoms with Crippen LogP contribution < -0.4 is 11.1 Å². The van der Waals surface area contributed by atoms with Gasteiger partial charge >= 0.3 is 6.09 Å². The maximum atomic E-state index is 12.3. The van der Waals surface area contributed by atoms with Crippen LogP contribution in [0.4, 0.5) is 4.79 Å². The van der Waals surface area contributed by atoms with Crippen LogP contribution in [0.15, 0.2) is 6.20 Å². The smallest absolute Gasteiger partial charge is 0.408 e. The van der Waals surface area contributed by atoms with Gasteiger partial charge < -0.3 is 15.8 Å². The summed E-state index contributed by atoms with van der Waals surface area (Å²) in [6.45, 7) is 5.51. The molecule has 1 aromatic heterocycles. The Kier molecular flexibility index (Phi) is 4.94. The molecule has 2 amide bonds. The maximum Gasteiger partial charge on any atom is 0.408 e. The SMILES string of the molecule is CC(C)(C)OC(=O)NC(c1cn(C2(C(N)=O)CC2)nn1)C1CCCCC1. The van der Waals surface area contributed by atoms with Gasteiger partial charge in [0.05, 0.1) is 12.2 Å². The number of hydrogen-bond acceptors (Lipinski definition) is 5. The van der Waals surface area contributed by atoms with Gasteiger partial charge in [-0.3, -0.25) is 4.79 Å². The summed E-state index contributed by atoms with van der Waals surface area (Å²) in [7, 11) is 0. The minimum Gasteiger partial charge on any atom is -0.444 e. The third-order valence-corrected chi connectivity index (χ3v) is 5.24. The molecule has 0 aromatic carbocycles. The van der Waals surface area contributed by atoms with Crippen LogP contribution in [-0.4, -0.2) is 32.6 Å². The molecule has 8 nitrogen and oxygen atoms in total. The molecule has 1 aromatic rings. The van der Waals surface area contributed by atoms with Gasteiger partial charge in [-0.2, -0.15) is 0 Å². The molecule has 2 fully saturated rings. The van der Waals surface area contributed by atoms with E-state index < -0.39 is 17.2 Å². The summed E-state index contributed by atoms with van der Waals surface area (Å²) >= 11 is 0. The van der Waals surface area contributed by atoms with Crippen molar-refractivity contribution in [3.63, 3.8) is 0 Å². The molecule has 2 aliphatic carbocycles. The van der Waals surface area contributed by atoms with Crippen molar-refractivity contribution in [3.05, 3.63) is 11.9 Å². The zero-order valence-corrected chi connectivity index (χ0v) is 15.8. The third-order valence-electron chi connectivity index (χ3n) is 5.24. The summed E-state index contributed by atoms with van der Waals surface area (Å²) in [5.74, 6) is -0.103. The number of aromatic nitrogens is 3. The van der Waals surface area contributed by atoms with Crippen molar-refractivity contribution < 1.29 is 14.3 Å². The molecule has 0 spiro atoms. The number of rotatable bonds is 5. The van der Waals surface area contributed by atoms with Crippen LogP contribution in [0.5, 0.6) is 0 Å². The van der Waals surface area contributed by atoms with Crippen molar-refractivity contribution in [1.82, 2.24) is 20.3 Å². The highest BCUT2D eigenvalue weighted by atomic mass is 16.6. The summed E-state index contributed by atoms with van der Waals surface area (Å²) in [5.41, 5.74) is 4.88. The number of hydrogen-bond donors (Lipinski definition) is 2. The first-order valence-corrected chi connectivity index (χ1v) is 9.43. The fourth-order valence-corrected chi connectivity index (χ4v) is 3.67. The summed E-state index contributed by atoms with van der Waals surface area (Å²) < 4.78 is 6.99. The van der Waals surface area contributed by atoms with Crippen LogP contribution in [0.25, 0.3) is 0 Å². The standard InChI is InChI=1S/C18H29N5O3/c1-17(2,3)26-16(25)20-14(12-7-5-4-6-8-12)13-11-23(22-21-13)18(9-10-18)15(19)24/h11-12,14H,4-10H2,1-3H3,(H2,19,24)(H,20,25). The van der Waals surface area contributed by atoms with Crippen molar-refractivity contribution in [2.24, 2.45) is 11.7 Å². The Balaban J connectivity index is 1.80. The first-order chi connectivity index (χ1) is 12.2. The van der Waals surface area contributed by atoms with E-state index in [0.717, 1.165) is 25.7 Å². The van der Waals surface area contributed by atoms with E-state index in [4.69, 9.17) is 10.5 Å². The maximum absolute atomic E-state index is 12.3. The van der Waals surface area contributed by atoms with Crippen molar-refractivity contribution in [2.75, 3.05) is 0 Å². The Bertz CT molecular complexity index is 669. The number of nitrogens with zero attached hydrogens (tertiary/aromatic N) is 3. The number of nitrogens with one attached hydrogen (secondary N) is 1. The molecule has 3 rings (SSSR count). The van der Waals surface area contributed by atoms with E-state index in [2.05, 4.69) is 15.6 Å². The molecule has 26 heavy (non-hydrogen) atoms. The number of ether oxygens (including phenoxy) is 1. The van der Waals surface area contributed by atoms with Crippen LogP contribution >= 0.6 is 0 Å². The van der Waals surface area contributed by atoms with Crippen LogP contribution in [0.2, 0.25) is 0 Å². The molecule has 0 aliphatic heterocycles. The van der Waals surface area contributed by atoms with Crippen LogP contribution in [-0.2, 0) is 15.1 Å². The Morgan fingerprint density at radius 1 is 1.31 bits per heavy atom. The van der Waals surface area contributed by atoms with Gasteiger partial charge in [0, 0.05) is 0 Å². The summed E-state index contributed by atoms with van der Waals surface area (Å²) in [4.78, 5) is 24.1. The lowest BCUT2D eigenvalue weighted by molar-refractivity contribution is -0.122. The summed E-state index contributed by atoms with van der Waals surface area (Å²) in [5, 5.41) is 11.4. The quantitative estimate of drug-likeness (QED) is 0.834. The Labute approximate surface area is 153 Å². The van der Waals surface area contributed by atoms with Crippen LogP contribution in [0.1, 0.15) is 77.5 Å². The van der Waals surface area contributed by atoms with Gasteiger partial charge in [-0.25, -0.2) is 9.48 Å². The first kappa shape index (κ1) is 18.7. The van der Waals surface area contributed by atoms with Crippen LogP contribution in [0, 0.1) is 5.92 Å². The number of carbonyl (C=O) groups excluding carboxylic acids is 2. The van der Waals surface area contributed by atoms with E-state index in [9.17, 15) is 9.59 Å². The van der Waals surface area contributed by atoms with Crippen molar-refractivity contribution >= 4 is 12.0 Å². The third kappa shape index (κ3) is 3.99. The monoisotopic (exact) mass is 363 g/mol. The topological polar surface area (TPSA) is 112 Å². The molecule has 0 radical (unpaired) electrons. The molecule has 1 heterocycles. The number of alkyl carbamates (subject to hydrolysis) is 1. The van der Waals surface area contributed by atoms with Crippen molar-refractivity contribution in [3.8, 4) is 0 Å². The molecule has 2 aliphatic rings. The molecule has 1 atom stereocenters. The summed E-state index contributed by atoms with van der Waals surface area (Å²) in [6.07, 6.45) is 8.19. The van der Waals surface area contributed by atoms with Gasteiger partial charge in [0.1, 0.15) is 16.8 Å². The van der Waals surface area contributed by atoms with Gasteiger partial charge in [0.15, 0.2) is 0 Å². The van der Waals surface area contributed by atoms with Gasteiger partial charge in [0.25, 0.3) is 0 Å².